The molecule has 0 spiro atoms. The summed E-state index contributed by atoms with van der Waals surface area (Å²) in [6.45, 7) is -0.130. The Kier molecular flexibility index (Phi) is 8.22. The fourth-order valence-corrected chi connectivity index (χ4v) is 2.98. The first kappa shape index (κ1) is 22.4. The number of carbonyl (C=O) groups is 4. The van der Waals surface area contributed by atoms with Gasteiger partial charge < -0.3 is 21.1 Å². The van der Waals surface area contributed by atoms with Crippen molar-refractivity contribution in [2.75, 3.05) is 13.2 Å². The van der Waals surface area contributed by atoms with E-state index in [-0.39, 0.29) is 31.4 Å². The lowest BCUT2D eigenvalue weighted by atomic mass is 10.1. The minimum Gasteiger partial charge on any atom is -0.446 e. The lowest BCUT2D eigenvalue weighted by Crippen LogP contribution is -2.42. The van der Waals surface area contributed by atoms with Crippen LogP contribution in [0.1, 0.15) is 18.4 Å². The van der Waals surface area contributed by atoms with E-state index >= 15 is 0 Å². The molecule has 1 heterocycles. The molecule has 1 aliphatic heterocycles. The van der Waals surface area contributed by atoms with E-state index in [2.05, 4.69) is 20.9 Å². The second-order valence-electron chi connectivity index (χ2n) is 5.99. The van der Waals surface area contributed by atoms with Crippen molar-refractivity contribution >= 4 is 53.0 Å². The SMILES string of the molecule is NC(=NC(=O)OCCNC(=O)C1CCC(=O)N1)NC(=O)Cc1c(Cl)cccc1Cl. The van der Waals surface area contributed by atoms with Gasteiger partial charge in [-0.25, -0.2) is 4.79 Å². The van der Waals surface area contributed by atoms with Crippen LogP contribution in [-0.2, 0) is 25.5 Å². The summed E-state index contributed by atoms with van der Waals surface area (Å²) >= 11 is 12.0. The van der Waals surface area contributed by atoms with Crippen LogP contribution in [-0.4, -0.2) is 49.0 Å². The van der Waals surface area contributed by atoms with Gasteiger partial charge in [0.2, 0.25) is 23.7 Å². The van der Waals surface area contributed by atoms with Gasteiger partial charge in [0.25, 0.3) is 0 Å². The third-order valence-electron chi connectivity index (χ3n) is 3.82. The summed E-state index contributed by atoms with van der Waals surface area (Å²) in [5.74, 6) is -1.57. The molecule has 2 rings (SSSR count). The summed E-state index contributed by atoms with van der Waals surface area (Å²) in [6, 6.07) is 4.24. The number of nitrogens with two attached hydrogens (primary N) is 1. The number of halogens is 2. The number of hydrogen-bond acceptors (Lipinski definition) is 5. The average molecular weight is 444 g/mol. The van der Waals surface area contributed by atoms with Gasteiger partial charge in [0, 0.05) is 16.5 Å². The molecule has 29 heavy (non-hydrogen) atoms. The second-order valence-corrected chi connectivity index (χ2v) is 6.80. The van der Waals surface area contributed by atoms with Crippen LogP contribution < -0.4 is 21.7 Å². The number of rotatable bonds is 6. The highest BCUT2D eigenvalue weighted by Gasteiger charge is 2.26. The molecule has 12 heteroatoms. The van der Waals surface area contributed by atoms with Crippen molar-refractivity contribution in [2.24, 2.45) is 10.7 Å². The molecule has 1 fully saturated rings. The largest absolute Gasteiger partial charge is 0.446 e. The number of benzene rings is 1. The van der Waals surface area contributed by atoms with Crippen molar-refractivity contribution in [1.29, 1.82) is 0 Å². The summed E-state index contributed by atoms with van der Waals surface area (Å²) < 4.78 is 4.78. The smallest absolute Gasteiger partial charge is 0.436 e. The molecule has 10 nitrogen and oxygen atoms in total. The molecule has 1 aliphatic rings. The van der Waals surface area contributed by atoms with Crippen LogP contribution in [0, 0.1) is 0 Å². The molecule has 156 valence electrons. The zero-order chi connectivity index (χ0) is 21.4. The lowest BCUT2D eigenvalue weighted by Gasteiger charge is -2.10. The molecule has 0 bridgehead atoms. The highest BCUT2D eigenvalue weighted by molar-refractivity contribution is 6.36. The maximum absolute atomic E-state index is 12.0. The Morgan fingerprint density at radius 1 is 1.28 bits per heavy atom. The van der Waals surface area contributed by atoms with E-state index in [1.165, 1.54) is 0 Å². The molecule has 0 saturated carbocycles. The Hall–Kier alpha value is -2.85. The van der Waals surface area contributed by atoms with Crippen molar-refractivity contribution in [3.05, 3.63) is 33.8 Å². The first-order valence-corrected chi connectivity index (χ1v) is 9.32. The standard InChI is InChI=1S/C17H19Cl2N5O5/c18-10-2-1-3-11(19)9(10)8-14(26)23-16(20)24-17(28)29-7-6-21-15(27)12-4-5-13(25)22-12/h1-3,12H,4-8H2,(H,21,27)(H,22,25)(H3,20,23,24,26,28). The van der Waals surface area contributed by atoms with Crippen LogP contribution in [0.4, 0.5) is 4.79 Å². The molecule has 5 N–H and O–H groups in total. The molecule has 1 atom stereocenters. The van der Waals surface area contributed by atoms with Gasteiger partial charge in [-0.05, 0) is 24.1 Å². The second kappa shape index (κ2) is 10.6. The normalized spacial score (nSPS) is 16.1. The highest BCUT2D eigenvalue weighted by atomic mass is 35.5. The van der Waals surface area contributed by atoms with E-state index in [9.17, 15) is 19.2 Å². The number of ether oxygens (including phenoxy) is 1. The molecule has 0 radical (unpaired) electrons. The van der Waals surface area contributed by atoms with Gasteiger partial charge in [-0.15, -0.1) is 4.99 Å². The maximum atomic E-state index is 12.0. The number of guanidine groups is 1. The Balaban J connectivity index is 1.70. The van der Waals surface area contributed by atoms with Gasteiger partial charge in [-0.1, -0.05) is 29.3 Å². The number of amides is 4. The molecule has 1 aromatic carbocycles. The molecule has 1 aromatic rings. The summed E-state index contributed by atoms with van der Waals surface area (Å²) in [7, 11) is 0. The average Bonchev–Trinajstić information content (AvgIpc) is 3.08. The minimum atomic E-state index is -1.04. The van der Waals surface area contributed by atoms with Crippen molar-refractivity contribution in [3.8, 4) is 0 Å². The van der Waals surface area contributed by atoms with Gasteiger partial charge in [0.15, 0.2) is 0 Å². The summed E-state index contributed by atoms with van der Waals surface area (Å²) in [5, 5.41) is 7.90. The van der Waals surface area contributed by atoms with Crippen LogP contribution in [0.25, 0.3) is 0 Å². The van der Waals surface area contributed by atoms with E-state index in [1.54, 1.807) is 18.2 Å². The van der Waals surface area contributed by atoms with E-state index in [4.69, 9.17) is 33.7 Å². The predicted octanol–water partition coefficient (Wildman–Crippen LogP) is 0.498. The topological polar surface area (TPSA) is 152 Å². The number of aliphatic imine (C=N–C) groups is 1. The zero-order valence-corrected chi connectivity index (χ0v) is 16.7. The third-order valence-corrected chi connectivity index (χ3v) is 4.53. The maximum Gasteiger partial charge on any atom is 0.436 e. The Labute approximate surface area is 176 Å². The molecule has 1 unspecified atom stereocenters. The quantitative estimate of drug-likeness (QED) is 0.285. The van der Waals surface area contributed by atoms with E-state index in [0.717, 1.165) is 0 Å². The van der Waals surface area contributed by atoms with Crippen molar-refractivity contribution in [2.45, 2.75) is 25.3 Å². The van der Waals surface area contributed by atoms with Crippen LogP contribution >= 0.6 is 23.2 Å². The highest BCUT2D eigenvalue weighted by Crippen LogP contribution is 2.24. The molecular weight excluding hydrogens is 425 g/mol. The van der Waals surface area contributed by atoms with Crippen molar-refractivity contribution in [3.63, 3.8) is 0 Å². The molecule has 4 amide bonds. The molecule has 0 aliphatic carbocycles. The monoisotopic (exact) mass is 443 g/mol. The van der Waals surface area contributed by atoms with E-state index < -0.39 is 24.0 Å². The number of nitrogens with zero attached hydrogens (tertiary/aromatic N) is 1. The lowest BCUT2D eigenvalue weighted by molar-refractivity contribution is -0.125. The molecular formula is C17H19Cl2N5O5. The summed E-state index contributed by atoms with van der Waals surface area (Å²) in [4.78, 5) is 49.8. The van der Waals surface area contributed by atoms with Gasteiger partial charge in [-0.2, -0.15) is 0 Å². The Morgan fingerprint density at radius 3 is 2.59 bits per heavy atom. The van der Waals surface area contributed by atoms with Gasteiger partial charge in [0.05, 0.1) is 13.0 Å². The number of carbonyl (C=O) groups excluding carboxylic acids is 4. The van der Waals surface area contributed by atoms with Gasteiger partial charge in [0.1, 0.15) is 12.6 Å². The first-order chi connectivity index (χ1) is 13.8. The first-order valence-electron chi connectivity index (χ1n) is 8.57. The Morgan fingerprint density at radius 2 is 1.97 bits per heavy atom. The van der Waals surface area contributed by atoms with Crippen LogP contribution in [0.15, 0.2) is 23.2 Å². The van der Waals surface area contributed by atoms with Gasteiger partial charge >= 0.3 is 6.09 Å². The zero-order valence-electron chi connectivity index (χ0n) is 15.2. The molecule has 1 saturated heterocycles. The van der Waals surface area contributed by atoms with Crippen LogP contribution in [0.3, 0.4) is 0 Å². The summed E-state index contributed by atoms with van der Waals surface area (Å²) in [5.41, 5.74) is 5.91. The number of nitrogens with one attached hydrogen (secondary N) is 3. The predicted molar refractivity (Wildman–Crippen MR) is 105 cm³/mol. The van der Waals surface area contributed by atoms with Crippen LogP contribution in [0.5, 0.6) is 0 Å². The van der Waals surface area contributed by atoms with Crippen molar-refractivity contribution in [1.82, 2.24) is 16.0 Å². The fraction of sp³-hybridized carbons (Fsp3) is 0.353. The third kappa shape index (κ3) is 7.24. The fourth-order valence-electron chi connectivity index (χ4n) is 2.45. The molecule has 0 aromatic heterocycles. The van der Waals surface area contributed by atoms with E-state index in [0.29, 0.717) is 28.5 Å². The van der Waals surface area contributed by atoms with Crippen LogP contribution in [0.2, 0.25) is 10.0 Å². The number of hydrogen-bond donors (Lipinski definition) is 4. The van der Waals surface area contributed by atoms with Crippen molar-refractivity contribution < 1.29 is 23.9 Å². The Bertz CT molecular complexity index is 825. The summed E-state index contributed by atoms with van der Waals surface area (Å²) in [6.07, 6.45) is -0.477. The van der Waals surface area contributed by atoms with E-state index in [1.807, 2.05) is 0 Å². The van der Waals surface area contributed by atoms with Gasteiger partial charge in [-0.3, -0.25) is 19.7 Å². The minimum absolute atomic E-state index is 0.0315.